The van der Waals surface area contributed by atoms with Gasteiger partial charge in [0.05, 0.1) is 29.2 Å². The Kier molecular flexibility index (Phi) is 6.72. The molecule has 1 atom stereocenters. The third kappa shape index (κ3) is 4.77. The van der Waals surface area contributed by atoms with E-state index in [2.05, 4.69) is 15.6 Å². The monoisotopic (exact) mass is 351 g/mol. The van der Waals surface area contributed by atoms with Crippen molar-refractivity contribution in [2.24, 2.45) is 5.73 Å². The molecule has 130 valence electrons. The van der Waals surface area contributed by atoms with Gasteiger partial charge in [0.25, 0.3) is 5.91 Å². The number of carbonyl (C=O) groups excluding carboxylic acids is 1. The fourth-order valence-electron chi connectivity index (χ4n) is 2.26. The van der Waals surface area contributed by atoms with Crippen LogP contribution in [0, 0.1) is 5.41 Å². The smallest absolute Gasteiger partial charge is 0.275 e. The van der Waals surface area contributed by atoms with E-state index in [1.807, 2.05) is 6.92 Å². The van der Waals surface area contributed by atoms with E-state index in [-0.39, 0.29) is 16.8 Å². The van der Waals surface area contributed by atoms with Gasteiger partial charge in [-0.2, -0.15) is 0 Å². The van der Waals surface area contributed by atoms with E-state index in [4.69, 9.17) is 27.5 Å². The van der Waals surface area contributed by atoms with Gasteiger partial charge in [-0.25, -0.2) is 0 Å². The number of nitrogens with one attached hydrogen (secondary N) is 3. The summed E-state index contributed by atoms with van der Waals surface area (Å²) in [5.74, 6) is -0.621. The van der Waals surface area contributed by atoms with Gasteiger partial charge in [-0.05, 0) is 18.6 Å². The first-order valence-corrected chi connectivity index (χ1v) is 8.23. The molecule has 0 aliphatic carbocycles. The Morgan fingerprint density at radius 3 is 2.96 bits per heavy atom. The van der Waals surface area contributed by atoms with Gasteiger partial charge in [-0.15, -0.1) is 0 Å². The summed E-state index contributed by atoms with van der Waals surface area (Å²) in [7, 11) is 0. The molecule has 0 saturated carbocycles. The van der Waals surface area contributed by atoms with Gasteiger partial charge in [-0.3, -0.25) is 15.2 Å². The number of ether oxygens (including phenoxy) is 1. The lowest BCUT2D eigenvalue weighted by molar-refractivity contribution is -0.110. The molecule has 2 rings (SSSR count). The van der Waals surface area contributed by atoms with Crippen LogP contribution in [0.2, 0.25) is 0 Å². The van der Waals surface area contributed by atoms with E-state index in [1.54, 1.807) is 12.1 Å². The zero-order valence-corrected chi connectivity index (χ0v) is 14.3. The van der Waals surface area contributed by atoms with Crippen molar-refractivity contribution in [3.8, 4) is 0 Å². The maximum Gasteiger partial charge on any atom is 0.275 e. The fraction of sp³-hybridized carbons (Fsp3) is 0.438. The van der Waals surface area contributed by atoms with Crippen LogP contribution < -0.4 is 16.4 Å². The number of aromatic nitrogens is 1. The summed E-state index contributed by atoms with van der Waals surface area (Å²) in [6.45, 7) is 4.13. The predicted octanol–water partition coefficient (Wildman–Crippen LogP) is 1.91. The number of nitrogens with two attached hydrogens (primary N) is 1. The molecule has 0 bridgehead atoms. The standard InChI is InChI=1S/C16H22ClN5O2/c1-2-3-11(18)14(17)15(19)16(23)22-10-4-5-12(21-8-10)13-9-20-6-7-24-13/h4-5,8,13,19-20H,2-3,6-7,9,18H2,1H3,(H,22,23). The van der Waals surface area contributed by atoms with Crippen molar-refractivity contribution in [1.29, 1.82) is 5.41 Å². The molecular formula is C16H22ClN5O2. The van der Waals surface area contributed by atoms with Gasteiger partial charge in [0.15, 0.2) is 0 Å². The summed E-state index contributed by atoms with van der Waals surface area (Å²) in [5.41, 5.74) is 7.02. The van der Waals surface area contributed by atoms with E-state index in [0.717, 1.165) is 18.7 Å². The highest BCUT2D eigenvalue weighted by Gasteiger charge is 2.18. The summed E-state index contributed by atoms with van der Waals surface area (Å²) in [6.07, 6.45) is 2.78. The lowest BCUT2D eigenvalue weighted by Gasteiger charge is -2.23. The Morgan fingerprint density at radius 2 is 2.38 bits per heavy atom. The van der Waals surface area contributed by atoms with Crippen molar-refractivity contribution in [2.45, 2.75) is 25.9 Å². The second-order valence-corrected chi connectivity index (χ2v) is 5.83. The quantitative estimate of drug-likeness (QED) is 0.585. The molecule has 0 aromatic carbocycles. The molecule has 1 aromatic rings. The van der Waals surface area contributed by atoms with Crippen LogP contribution in [0.5, 0.6) is 0 Å². The summed E-state index contributed by atoms with van der Waals surface area (Å²) in [5, 5.41) is 13.6. The predicted molar refractivity (Wildman–Crippen MR) is 94.1 cm³/mol. The maximum absolute atomic E-state index is 12.1. The number of hydrogen-bond donors (Lipinski definition) is 4. The van der Waals surface area contributed by atoms with Crippen LogP contribution in [0.15, 0.2) is 29.1 Å². The first-order valence-electron chi connectivity index (χ1n) is 7.85. The van der Waals surface area contributed by atoms with Crippen molar-refractivity contribution in [3.63, 3.8) is 0 Å². The van der Waals surface area contributed by atoms with E-state index in [9.17, 15) is 4.79 Å². The maximum atomic E-state index is 12.1. The van der Waals surface area contributed by atoms with Gasteiger partial charge < -0.3 is 21.1 Å². The van der Waals surface area contributed by atoms with Gasteiger partial charge in [0, 0.05) is 18.8 Å². The molecule has 8 heteroatoms. The van der Waals surface area contributed by atoms with Crippen LogP contribution >= 0.6 is 11.6 Å². The Bertz CT molecular complexity index is 624. The zero-order valence-electron chi connectivity index (χ0n) is 13.6. The highest BCUT2D eigenvalue weighted by atomic mass is 35.5. The second-order valence-electron chi connectivity index (χ2n) is 5.45. The Morgan fingerprint density at radius 1 is 1.58 bits per heavy atom. The minimum Gasteiger partial charge on any atom is -0.401 e. The minimum atomic E-state index is -0.621. The summed E-state index contributed by atoms with van der Waals surface area (Å²) < 4.78 is 5.62. The van der Waals surface area contributed by atoms with E-state index in [1.165, 1.54) is 6.20 Å². The number of pyridine rings is 1. The molecule has 1 fully saturated rings. The van der Waals surface area contributed by atoms with Gasteiger partial charge in [-0.1, -0.05) is 24.9 Å². The van der Waals surface area contributed by atoms with Crippen LogP contribution in [-0.2, 0) is 9.53 Å². The minimum absolute atomic E-state index is 0.0133. The number of morpholine rings is 1. The highest BCUT2D eigenvalue weighted by molar-refractivity contribution is 6.60. The molecule has 24 heavy (non-hydrogen) atoms. The first kappa shape index (κ1) is 18.4. The molecule has 0 radical (unpaired) electrons. The zero-order chi connectivity index (χ0) is 17.5. The molecule has 1 saturated heterocycles. The van der Waals surface area contributed by atoms with Crippen molar-refractivity contribution in [2.75, 3.05) is 25.0 Å². The summed E-state index contributed by atoms with van der Waals surface area (Å²) >= 11 is 5.98. The number of carbonyl (C=O) groups is 1. The van der Waals surface area contributed by atoms with E-state index in [0.29, 0.717) is 31.0 Å². The molecule has 1 unspecified atom stereocenters. The Labute approximate surface area is 146 Å². The average molecular weight is 352 g/mol. The number of halogens is 1. The number of nitrogens with zero attached hydrogens (tertiary/aromatic N) is 1. The molecular weight excluding hydrogens is 330 g/mol. The Hall–Kier alpha value is -1.96. The van der Waals surface area contributed by atoms with Crippen LogP contribution in [0.1, 0.15) is 31.6 Å². The van der Waals surface area contributed by atoms with Crippen LogP contribution in [0.4, 0.5) is 5.69 Å². The lowest BCUT2D eigenvalue weighted by Crippen LogP contribution is -2.33. The van der Waals surface area contributed by atoms with Crippen LogP contribution in [0.25, 0.3) is 0 Å². The van der Waals surface area contributed by atoms with Crippen LogP contribution in [0.3, 0.4) is 0 Å². The third-order valence-electron chi connectivity index (χ3n) is 3.55. The molecule has 5 N–H and O–H groups in total. The first-order chi connectivity index (χ1) is 11.5. The number of rotatable bonds is 6. The molecule has 2 heterocycles. The summed E-state index contributed by atoms with van der Waals surface area (Å²) in [6, 6.07) is 3.51. The molecule has 1 aliphatic rings. The SMILES string of the molecule is CCCC(N)=C(Cl)C(=N)C(=O)Nc1ccc(C2CNCCO2)nc1. The number of amides is 1. The van der Waals surface area contributed by atoms with Gasteiger partial charge >= 0.3 is 0 Å². The topological polar surface area (TPSA) is 113 Å². The number of hydrogen-bond acceptors (Lipinski definition) is 6. The second kappa shape index (κ2) is 8.77. The molecule has 1 aliphatic heterocycles. The third-order valence-corrected chi connectivity index (χ3v) is 3.98. The van der Waals surface area contributed by atoms with Crippen LogP contribution in [-0.4, -0.2) is 36.3 Å². The molecule has 7 nitrogen and oxygen atoms in total. The van der Waals surface area contributed by atoms with Crippen molar-refractivity contribution in [3.05, 3.63) is 34.8 Å². The van der Waals surface area contributed by atoms with Crippen molar-refractivity contribution < 1.29 is 9.53 Å². The van der Waals surface area contributed by atoms with E-state index < -0.39 is 5.91 Å². The number of allylic oxidation sites excluding steroid dienone is 1. The molecule has 1 aromatic heterocycles. The van der Waals surface area contributed by atoms with Gasteiger partial charge in [0.2, 0.25) is 0 Å². The average Bonchev–Trinajstić information content (AvgIpc) is 2.62. The molecule has 0 spiro atoms. The summed E-state index contributed by atoms with van der Waals surface area (Å²) in [4.78, 5) is 16.4. The normalized spacial score (nSPS) is 18.7. The Balaban J connectivity index is 1.99. The van der Waals surface area contributed by atoms with Crippen molar-refractivity contribution >= 4 is 28.9 Å². The largest absolute Gasteiger partial charge is 0.401 e. The van der Waals surface area contributed by atoms with Gasteiger partial charge in [0.1, 0.15) is 11.8 Å². The highest BCUT2D eigenvalue weighted by Crippen LogP contribution is 2.18. The van der Waals surface area contributed by atoms with E-state index >= 15 is 0 Å². The van der Waals surface area contributed by atoms with Crippen molar-refractivity contribution in [1.82, 2.24) is 10.3 Å². The fourth-order valence-corrected chi connectivity index (χ4v) is 2.44. The number of anilines is 1. The lowest BCUT2D eigenvalue weighted by atomic mass is 10.2. The molecule has 1 amide bonds.